The van der Waals surface area contributed by atoms with Crippen LogP contribution >= 0.6 is 12.6 Å². The lowest BCUT2D eigenvalue weighted by Gasteiger charge is -2.34. The third-order valence-corrected chi connectivity index (χ3v) is 4.33. The molecule has 0 aromatic carbocycles. The molecule has 0 aliphatic rings. The number of hydrogen-bond acceptors (Lipinski definition) is 3. The molecule has 1 rings (SSSR count). The Bertz CT molecular complexity index is 322. The Morgan fingerprint density at radius 1 is 1.29 bits per heavy atom. The van der Waals surface area contributed by atoms with Crippen molar-refractivity contribution < 1.29 is 4.42 Å². The van der Waals surface area contributed by atoms with Crippen LogP contribution in [0.3, 0.4) is 0 Å². The Kier molecular flexibility index (Phi) is 5.60. The number of nitrogens with zero attached hydrogens (tertiary/aromatic N) is 1. The third kappa shape index (κ3) is 4.07. The normalized spacial score (nSPS) is 12.4. The Balaban J connectivity index is 2.56. The highest BCUT2D eigenvalue weighted by Crippen LogP contribution is 2.29. The van der Waals surface area contributed by atoms with E-state index in [1.807, 2.05) is 13.0 Å². The summed E-state index contributed by atoms with van der Waals surface area (Å²) in [7, 11) is 2.15. The Labute approximate surface area is 111 Å². The smallest absolute Gasteiger partial charge is 0.118 e. The second-order valence-corrected chi connectivity index (χ2v) is 5.37. The van der Waals surface area contributed by atoms with Crippen molar-refractivity contribution in [3.63, 3.8) is 0 Å². The standard InChI is InChI=1S/C14H25NOS/c1-5-14(6-2,11-17)10-15(4)9-13-8-7-12(3)16-13/h7-8,17H,5-6,9-11H2,1-4H3. The lowest BCUT2D eigenvalue weighted by Crippen LogP contribution is -2.36. The van der Waals surface area contributed by atoms with Crippen molar-refractivity contribution in [2.75, 3.05) is 19.3 Å². The average molecular weight is 255 g/mol. The first kappa shape index (κ1) is 14.7. The van der Waals surface area contributed by atoms with E-state index in [0.717, 1.165) is 30.4 Å². The number of furan rings is 1. The first-order valence-electron chi connectivity index (χ1n) is 6.40. The molecule has 1 aromatic rings. The van der Waals surface area contributed by atoms with Crippen molar-refractivity contribution in [2.24, 2.45) is 5.41 Å². The summed E-state index contributed by atoms with van der Waals surface area (Å²) in [6, 6.07) is 4.08. The van der Waals surface area contributed by atoms with Crippen LogP contribution in [0, 0.1) is 12.3 Å². The summed E-state index contributed by atoms with van der Waals surface area (Å²) >= 11 is 4.52. The van der Waals surface area contributed by atoms with Gasteiger partial charge in [-0.15, -0.1) is 0 Å². The molecule has 98 valence electrons. The maximum absolute atomic E-state index is 5.61. The van der Waals surface area contributed by atoms with Gasteiger partial charge in [0.2, 0.25) is 0 Å². The van der Waals surface area contributed by atoms with Crippen LogP contribution < -0.4 is 0 Å². The fourth-order valence-corrected chi connectivity index (χ4v) is 2.76. The van der Waals surface area contributed by atoms with E-state index in [-0.39, 0.29) is 0 Å². The molecule has 17 heavy (non-hydrogen) atoms. The van der Waals surface area contributed by atoms with Gasteiger partial charge in [-0.2, -0.15) is 12.6 Å². The van der Waals surface area contributed by atoms with E-state index in [2.05, 4.69) is 44.5 Å². The molecule has 0 saturated carbocycles. The van der Waals surface area contributed by atoms with Crippen molar-refractivity contribution in [3.8, 4) is 0 Å². The van der Waals surface area contributed by atoms with Gasteiger partial charge in [0.05, 0.1) is 6.54 Å². The molecule has 0 saturated heterocycles. The summed E-state index contributed by atoms with van der Waals surface area (Å²) < 4.78 is 5.61. The van der Waals surface area contributed by atoms with Crippen LogP contribution in [0.25, 0.3) is 0 Å². The number of hydrogen-bond donors (Lipinski definition) is 1. The van der Waals surface area contributed by atoms with E-state index in [0.29, 0.717) is 5.41 Å². The van der Waals surface area contributed by atoms with Gasteiger partial charge in [-0.3, -0.25) is 4.90 Å². The van der Waals surface area contributed by atoms with E-state index in [1.54, 1.807) is 0 Å². The summed E-state index contributed by atoms with van der Waals surface area (Å²) in [6.07, 6.45) is 2.35. The molecule has 0 aliphatic carbocycles. The van der Waals surface area contributed by atoms with Crippen molar-refractivity contribution in [3.05, 3.63) is 23.7 Å². The van der Waals surface area contributed by atoms with Crippen molar-refractivity contribution in [1.29, 1.82) is 0 Å². The first-order chi connectivity index (χ1) is 8.05. The summed E-state index contributed by atoms with van der Waals surface area (Å²) in [6.45, 7) is 8.45. The van der Waals surface area contributed by atoms with Crippen LogP contribution in [-0.4, -0.2) is 24.2 Å². The fraction of sp³-hybridized carbons (Fsp3) is 0.714. The Hall–Kier alpha value is -0.410. The molecule has 0 N–H and O–H groups in total. The van der Waals surface area contributed by atoms with Gasteiger partial charge in [-0.25, -0.2) is 0 Å². The lowest BCUT2D eigenvalue weighted by molar-refractivity contribution is 0.170. The van der Waals surface area contributed by atoms with Crippen LogP contribution in [0.5, 0.6) is 0 Å². The van der Waals surface area contributed by atoms with Crippen LogP contribution in [0.15, 0.2) is 16.5 Å². The number of thiol groups is 1. The lowest BCUT2D eigenvalue weighted by atomic mass is 9.84. The van der Waals surface area contributed by atoms with Crippen molar-refractivity contribution in [1.82, 2.24) is 4.90 Å². The molecule has 0 fully saturated rings. The van der Waals surface area contributed by atoms with Gasteiger partial charge >= 0.3 is 0 Å². The Morgan fingerprint density at radius 2 is 1.94 bits per heavy atom. The summed E-state index contributed by atoms with van der Waals surface area (Å²) in [4.78, 5) is 2.33. The summed E-state index contributed by atoms with van der Waals surface area (Å²) in [5.74, 6) is 2.98. The molecular weight excluding hydrogens is 230 g/mol. The minimum Gasteiger partial charge on any atom is -0.465 e. The maximum Gasteiger partial charge on any atom is 0.118 e. The monoisotopic (exact) mass is 255 g/mol. The predicted molar refractivity (Wildman–Crippen MR) is 76.6 cm³/mol. The van der Waals surface area contributed by atoms with Crippen LogP contribution in [0.4, 0.5) is 0 Å². The molecule has 1 aromatic heterocycles. The first-order valence-corrected chi connectivity index (χ1v) is 7.03. The Morgan fingerprint density at radius 3 is 2.35 bits per heavy atom. The zero-order valence-corrected chi connectivity index (χ0v) is 12.4. The molecule has 0 atom stereocenters. The molecule has 2 nitrogen and oxygen atoms in total. The SMILES string of the molecule is CCC(CC)(CS)CN(C)Cc1ccc(C)o1. The average Bonchev–Trinajstić information content (AvgIpc) is 2.72. The van der Waals surface area contributed by atoms with E-state index in [9.17, 15) is 0 Å². The van der Waals surface area contributed by atoms with Gasteiger partial charge in [0.25, 0.3) is 0 Å². The zero-order chi connectivity index (χ0) is 12.9. The van der Waals surface area contributed by atoms with Gasteiger partial charge < -0.3 is 4.42 Å². The second kappa shape index (κ2) is 6.50. The molecule has 3 heteroatoms. The summed E-state index contributed by atoms with van der Waals surface area (Å²) in [5, 5.41) is 0. The highest BCUT2D eigenvalue weighted by Gasteiger charge is 2.26. The molecule has 0 amide bonds. The highest BCUT2D eigenvalue weighted by molar-refractivity contribution is 7.80. The maximum atomic E-state index is 5.61. The topological polar surface area (TPSA) is 16.4 Å². The van der Waals surface area contributed by atoms with Crippen molar-refractivity contribution >= 4 is 12.6 Å². The second-order valence-electron chi connectivity index (χ2n) is 5.05. The molecule has 0 unspecified atom stereocenters. The van der Waals surface area contributed by atoms with E-state index >= 15 is 0 Å². The predicted octanol–water partition coefficient (Wildman–Crippen LogP) is 3.76. The molecular formula is C14H25NOS. The molecule has 1 heterocycles. The minimum absolute atomic E-state index is 0.333. The van der Waals surface area contributed by atoms with Gasteiger partial charge in [0.15, 0.2) is 0 Å². The van der Waals surface area contributed by atoms with E-state index in [4.69, 9.17) is 4.42 Å². The van der Waals surface area contributed by atoms with Gasteiger partial charge in [-0.1, -0.05) is 13.8 Å². The largest absolute Gasteiger partial charge is 0.465 e. The fourth-order valence-electron chi connectivity index (χ4n) is 2.21. The van der Waals surface area contributed by atoms with Gasteiger partial charge in [0, 0.05) is 6.54 Å². The van der Waals surface area contributed by atoms with Crippen LogP contribution in [-0.2, 0) is 6.54 Å². The van der Waals surface area contributed by atoms with Crippen molar-refractivity contribution in [2.45, 2.75) is 40.2 Å². The zero-order valence-electron chi connectivity index (χ0n) is 11.5. The molecule has 0 radical (unpaired) electrons. The van der Waals surface area contributed by atoms with E-state index < -0.39 is 0 Å². The minimum atomic E-state index is 0.333. The highest BCUT2D eigenvalue weighted by atomic mass is 32.1. The molecule has 0 spiro atoms. The quantitative estimate of drug-likeness (QED) is 0.747. The number of rotatable bonds is 7. The molecule has 0 bridgehead atoms. The summed E-state index contributed by atoms with van der Waals surface area (Å²) in [5.41, 5.74) is 0.333. The third-order valence-electron chi connectivity index (χ3n) is 3.66. The van der Waals surface area contributed by atoms with Crippen LogP contribution in [0.1, 0.15) is 38.2 Å². The van der Waals surface area contributed by atoms with Gasteiger partial charge in [-0.05, 0) is 50.1 Å². The van der Waals surface area contributed by atoms with E-state index in [1.165, 1.54) is 12.8 Å². The van der Waals surface area contributed by atoms with Gasteiger partial charge in [0.1, 0.15) is 11.5 Å². The van der Waals surface area contributed by atoms with Crippen LogP contribution in [0.2, 0.25) is 0 Å². The molecule has 0 aliphatic heterocycles. The number of aryl methyl sites for hydroxylation is 1.